The van der Waals surface area contributed by atoms with Crippen LogP contribution in [-0.4, -0.2) is 28.6 Å². The quantitative estimate of drug-likeness (QED) is 0.538. The second kappa shape index (κ2) is 5.78. The Bertz CT molecular complexity index is 583. The molecule has 2 amide bonds. The molecule has 0 unspecified atom stereocenters. The van der Waals surface area contributed by atoms with Crippen LogP contribution in [0.3, 0.4) is 0 Å². The molecule has 21 heavy (non-hydrogen) atoms. The van der Waals surface area contributed by atoms with Crippen LogP contribution in [-0.2, 0) is 11.3 Å². The molecular formula is C13H15N3O5. The number of carboxylic acid groups (broad SMARTS) is 1. The van der Waals surface area contributed by atoms with Gasteiger partial charge in [-0.3, -0.25) is 14.9 Å². The summed E-state index contributed by atoms with van der Waals surface area (Å²) in [6.07, 6.45) is 1.13. The molecule has 8 heteroatoms. The highest BCUT2D eigenvalue weighted by molar-refractivity contribution is 5.80. The second-order valence-corrected chi connectivity index (χ2v) is 5.05. The molecule has 1 saturated carbocycles. The molecule has 8 nitrogen and oxygen atoms in total. The van der Waals surface area contributed by atoms with Crippen molar-refractivity contribution in [3.8, 4) is 0 Å². The van der Waals surface area contributed by atoms with Crippen LogP contribution in [0.15, 0.2) is 24.3 Å². The molecule has 0 radical (unpaired) electrons. The highest BCUT2D eigenvalue weighted by atomic mass is 16.6. The molecule has 0 aliphatic heterocycles. The van der Waals surface area contributed by atoms with E-state index < -0.39 is 22.3 Å². The van der Waals surface area contributed by atoms with E-state index >= 15 is 0 Å². The lowest BCUT2D eigenvalue weighted by atomic mass is 10.1. The van der Waals surface area contributed by atoms with Gasteiger partial charge in [-0.25, -0.2) is 4.79 Å². The van der Waals surface area contributed by atoms with Crippen LogP contribution in [0.1, 0.15) is 18.4 Å². The molecule has 0 heterocycles. The molecule has 1 aliphatic carbocycles. The normalized spacial score (nSPS) is 15.0. The maximum absolute atomic E-state index is 11.6. The van der Waals surface area contributed by atoms with Crippen molar-refractivity contribution in [3.63, 3.8) is 0 Å². The number of carbonyl (C=O) groups excluding carboxylic acids is 1. The molecule has 0 spiro atoms. The van der Waals surface area contributed by atoms with Crippen molar-refractivity contribution in [2.75, 3.05) is 6.54 Å². The Balaban J connectivity index is 1.80. The Morgan fingerprint density at radius 3 is 2.62 bits per heavy atom. The van der Waals surface area contributed by atoms with Crippen LogP contribution in [0, 0.1) is 15.5 Å². The van der Waals surface area contributed by atoms with Crippen molar-refractivity contribution in [1.82, 2.24) is 10.6 Å². The van der Waals surface area contributed by atoms with Crippen LogP contribution in [0.5, 0.6) is 0 Å². The van der Waals surface area contributed by atoms with Crippen LogP contribution < -0.4 is 10.6 Å². The molecule has 2 rings (SSSR count). The molecule has 0 aromatic heterocycles. The van der Waals surface area contributed by atoms with E-state index in [0.29, 0.717) is 18.4 Å². The standard InChI is InChI=1S/C13H15N3O5/c17-11(18)13(4-5-13)8-15-12(19)14-7-9-2-1-3-10(6-9)16(20)21/h1-3,6H,4-5,7-8H2,(H,17,18)(H2,14,15,19). The van der Waals surface area contributed by atoms with Gasteiger partial charge in [0.15, 0.2) is 0 Å². The lowest BCUT2D eigenvalue weighted by molar-refractivity contribution is -0.384. The number of amides is 2. The van der Waals surface area contributed by atoms with E-state index in [4.69, 9.17) is 5.11 Å². The van der Waals surface area contributed by atoms with Crippen LogP contribution >= 0.6 is 0 Å². The maximum atomic E-state index is 11.6. The summed E-state index contributed by atoms with van der Waals surface area (Å²) in [5, 5.41) is 24.6. The van der Waals surface area contributed by atoms with E-state index in [9.17, 15) is 19.7 Å². The molecule has 112 valence electrons. The average molecular weight is 293 g/mol. The Hall–Kier alpha value is -2.64. The first-order valence-corrected chi connectivity index (χ1v) is 6.41. The Morgan fingerprint density at radius 2 is 2.05 bits per heavy atom. The maximum Gasteiger partial charge on any atom is 0.315 e. The van der Waals surface area contributed by atoms with Gasteiger partial charge in [0.1, 0.15) is 0 Å². The fourth-order valence-corrected chi connectivity index (χ4v) is 1.89. The number of urea groups is 1. The number of nitrogens with one attached hydrogen (secondary N) is 2. The molecule has 3 N–H and O–H groups in total. The fourth-order valence-electron chi connectivity index (χ4n) is 1.89. The highest BCUT2D eigenvalue weighted by Gasteiger charge is 2.50. The number of carboxylic acids is 1. The third-order valence-corrected chi connectivity index (χ3v) is 3.47. The van der Waals surface area contributed by atoms with Gasteiger partial charge in [-0.1, -0.05) is 12.1 Å². The molecule has 1 fully saturated rings. The Kier molecular flexibility index (Phi) is 4.06. The Labute approximate surface area is 120 Å². The summed E-state index contributed by atoms with van der Waals surface area (Å²) >= 11 is 0. The van der Waals surface area contributed by atoms with E-state index in [-0.39, 0.29) is 18.8 Å². The lowest BCUT2D eigenvalue weighted by Gasteiger charge is -2.12. The Morgan fingerprint density at radius 1 is 1.33 bits per heavy atom. The number of nitro benzene ring substituents is 1. The summed E-state index contributed by atoms with van der Waals surface area (Å²) in [6, 6.07) is 5.45. The van der Waals surface area contributed by atoms with E-state index in [1.807, 2.05) is 0 Å². The second-order valence-electron chi connectivity index (χ2n) is 5.05. The molecule has 0 bridgehead atoms. The number of aliphatic carboxylic acids is 1. The number of nitrogens with zero attached hydrogens (tertiary/aromatic N) is 1. The predicted molar refractivity (Wildman–Crippen MR) is 72.6 cm³/mol. The molecule has 1 aromatic carbocycles. The minimum Gasteiger partial charge on any atom is -0.481 e. The number of hydrogen-bond acceptors (Lipinski definition) is 4. The van der Waals surface area contributed by atoms with Gasteiger partial charge in [-0.2, -0.15) is 0 Å². The van der Waals surface area contributed by atoms with E-state index in [1.54, 1.807) is 6.07 Å². The molecule has 0 saturated heterocycles. The third-order valence-electron chi connectivity index (χ3n) is 3.47. The minimum atomic E-state index is -0.901. The summed E-state index contributed by atoms with van der Waals surface area (Å²) in [4.78, 5) is 32.6. The van der Waals surface area contributed by atoms with Gasteiger partial charge >= 0.3 is 12.0 Å². The van der Waals surface area contributed by atoms with Gasteiger partial charge in [0.2, 0.25) is 0 Å². The van der Waals surface area contributed by atoms with Crippen molar-refractivity contribution in [2.45, 2.75) is 19.4 Å². The van der Waals surface area contributed by atoms with Gasteiger partial charge in [-0.05, 0) is 18.4 Å². The van der Waals surface area contributed by atoms with Crippen molar-refractivity contribution >= 4 is 17.7 Å². The summed E-state index contributed by atoms with van der Waals surface area (Å²) in [5.41, 5.74) is -0.265. The SMILES string of the molecule is O=C(NCc1cccc([N+](=O)[O-])c1)NCC1(C(=O)O)CC1. The number of rotatable bonds is 6. The zero-order valence-corrected chi connectivity index (χ0v) is 11.2. The molecule has 1 aromatic rings. The summed E-state index contributed by atoms with van der Waals surface area (Å²) < 4.78 is 0. The van der Waals surface area contributed by atoms with Crippen molar-refractivity contribution in [2.24, 2.45) is 5.41 Å². The third kappa shape index (κ3) is 3.68. The van der Waals surface area contributed by atoms with Gasteiger partial charge in [0, 0.05) is 25.2 Å². The average Bonchev–Trinajstić information content (AvgIpc) is 3.24. The molecular weight excluding hydrogens is 278 g/mol. The van der Waals surface area contributed by atoms with Crippen molar-refractivity contribution < 1.29 is 19.6 Å². The highest BCUT2D eigenvalue weighted by Crippen LogP contribution is 2.45. The lowest BCUT2D eigenvalue weighted by Crippen LogP contribution is -2.40. The van der Waals surface area contributed by atoms with Gasteiger partial charge in [0.25, 0.3) is 5.69 Å². The topological polar surface area (TPSA) is 122 Å². The van der Waals surface area contributed by atoms with Gasteiger partial charge in [-0.15, -0.1) is 0 Å². The van der Waals surface area contributed by atoms with Gasteiger partial charge in [0.05, 0.1) is 10.3 Å². The minimum absolute atomic E-state index is 0.0440. The zero-order chi connectivity index (χ0) is 15.5. The largest absolute Gasteiger partial charge is 0.481 e. The van der Waals surface area contributed by atoms with E-state index in [0.717, 1.165) is 0 Å². The smallest absolute Gasteiger partial charge is 0.315 e. The number of hydrogen-bond donors (Lipinski definition) is 3. The number of carbonyl (C=O) groups is 2. The van der Waals surface area contributed by atoms with Gasteiger partial charge < -0.3 is 15.7 Å². The van der Waals surface area contributed by atoms with Crippen molar-refractivity contribution in [3.05, 3.63) is 39.9 Å². The first-order valence-electron chi connectivity index (χ1n) is 6.41. The monoisotopic (exact) mass is 293 g/mol. The molecule has 1 aliphatic rings. The van der Waals surface area contributed by atoms with Crippen LogP contribution in [0.4, 0.5) is 10.5 Å². The summed E-state index contributed by atoms with van der Waals surface area (Å²) in [7, 11) is 0. The van der Waals surface area contributed by atoms with Crippen molar-refractivity contribution in [1.29, 1.82) is 0 Å². The first kappa shape index (κ1) is 14.8. The first-order chi connectivity index (χ1) is 9.93. The van der Waals surface area contributed by atoms with E-state index in [1.165, 1.54) is 18.2 Å². The van der Waals surface area contributed by atoms with Crippen LogP contribution in [0.2, 0.25) is 0 Å². The zero-order valence-electron chi connectivity index (χ0n) is 11.2. The fraction of sp³-hybridized carbons (Fsp3) is 0.385. The van der Waals surface area contributed by atoms with E-state index in [2.05, 4.69) is 10.6 Å². The molecule has 0 atom stereocenters. The number of benzene rings is 1. The summed E-state index contributed by atoms with van der Waals surface area (Å²) in [6.45, 7) is 0.219. The van der Waals surface area contributed by atoms with Crippen LogP contribution in [0.25, 0.3) is 0 Å². The number of non-ortho nitro benzene ring substituents is 1. The number of nitro groups is 1. The predicted octanol–water partition coefficient (Wildman–Crippen LogP) is 1.26. The summed E-state index contributed by atoms with van der Waals surface area (Å²) in [5.74, 6) is -0.901.